The minimum atomic E-state index is 0.213. The van der Waals surface area contributed by atoms with Crippen molar-refractivity contribution in [1.82, 2.24) is 0 Å². The summed E-state index contributed by atoms with van der Waals surface area (Å²) in [4.78, 5) is 9.16. The molecule has 0 aliphatic carbocycles. The van der Waals surface area contributed by atoms with Crippen molar-refractivity contribution in [3.63, 3.8) is 0 Å². The number of aromatic hydroxyl groups is 2. The van der Waals surface area contributed by atoms with Gasteiger partial charge in [0.05, 0.1) is 11.4 Å². The number of phenols is 2. The number of benzene rings is 6. The minimum absolute atomic E-state index is 0.213. The van der Waals surface area contributed by atoms with Crippen molar-refractivity contribution >= 4 is 57.5 Å². The van der Waals surface area contributed by atoms with E-state index in [1.807, 2.05) is 109 Å². The molecular weight excluding hydrogens is 492 g/mol. The van der Waals surface area contributed by atoms with E-state index in [0.717, 1.165) is 44.0 Å². The molecule has 0 atom stereocenters. The lowest BCUT2D eigenvalue weighted by molar-refractivity contribution is 0.475. The Labute approximate surface area is 232 Å². The van der Waals surface area contributed by atoms with Crippen LogP contribution in [0.2, 0.25) is 0 Å². The molecule has 0 radical (unpaired) electrons. The van der Waals surface area contributed by atoms with Crippen LogP contribution in [0, 0.1) is 0 Å². The minimum Gasteiger partial charge on any atom is -0.507 e. The summed E-state index contributed by atoms with van der Waals surface area (Å²) in [6.07, 6.45) is 7.54. The van der Waals surface area contributed by atoms with Gasteiger partial charge in [-0.2, -0.15) is 0 Å². The molecule has 0 unspecified atom stereocenters. The number of hydrogen-bond acceptors (Lipinski definition) is 4. The summed E-state index contributed by atoms with van der Waals surface area (Å²) in [5, 5.41) is 24.7. The van der Waals surface area contributed by atoms with Gasteiger partial charge in [-0.3, -0.25) is 9.98 Å². The van der Waals surface area contributed by atoms with Crippen molar-refractivity contribution in [3.8, 4) is 11.5 Å². The van der Waals surface area contributed by atoms with Crippen LogP contribution in [0.25, 0.3) is 33.7 Å². The molecule has 6 aromatic rings. The van der Waals surface area contributed by atoms with Gasteiger partial charge in [-0.15, -0.1) is 0 Å². The first-order valence-electron chi connectivity index (χ1n) is 13.0. The first kappa shape index (κ1) is 24.8. The summed E-state index contributed by atoms with van der Waals surface area (Å²) in [7, 11) is 0. The molecule has 0 aromatic heterocycles. The standard InChI is InChI=1S/C36H26N2O2/c39-35-21-15-27-5-1-3-7-31(27)33(35)23-37-29-17-11-25(12-18-29)9-10-26-13-19-30(20-14-26)38-24-34-32-8-4-2-6-28(32)16-22-36(34)40/h1-24,39-40H/b10-9+,37-23?,38-24?. The maximum absolute atomic E-state index is 10.3. The number of aliphatic imine (C=N–C) groups is 2. The van der Waals surface area contributed by atoms with E-state index in [2.05, 4.69) is 22.1 Å². The number of rotatable bonds is 6. The number of fused-ring (bicyclic) bond motifs is 2. The second-order valence-corrected chi connectivity index (χ2v) is 9.47. The number of nitrogens with zero attached hydrogens (tertiary/aromatic N) is 2. The average Bonchev–Trinajstić information content (AvgIpc) is 3.00. The lowest BCUT2D eigenvalue weighted by atomic mass is 10.0. The lowest BCUT2D eigenvalue weighted by Crippen LogP contribution is -1.85. The largest absolute Gasteiger partial charge is 0.507 e. The van der Waals surface area contributed by atoms with Crippen LogP contribution in [0.4, 0.5) is 11.4 Å². The van der Waals surface area contributed by atoms with Gasteiger partial charge in [-0.05, 0) is 69.1 Å². The van der Waals surface area contributed by atoms with Crippen molar-refractivity contribution < 1.29 is 10.2 Å². The fourth-order valence-electron chi connectivity index (χ4n) is 4.65. The van der Waals surface area contributed by atoms with Gasteiger partial charge < -0.3 is 10.2 Å². The molecule has 0 saturated carbocycles. The van der Waals surface area contributed by atoms with E-state index in [-0.39, 0.29) is 11.5 Å². The average molecular weight is 519 g/mol. The molecule has 0 saturated heterocycles. The quantitative estimate of drug-likeness (QED) is 0.171. The maximum atomic E-state index is 10.3. The molecule has 0 bridgehead atoms. The maximum Gasteiger partial charge on any atom is 0.124 e. The second kappa shape index (κ2) is 11.1. The molecule has 0 aliphatic heterocycles. The van der Waals surface area contributed by atoms with Gasteiger partial charge in [0.15, 0.2) is 0 Å². The zero-order valence-corrected chi connectivity index (χ0v) is 21.6. The van der Waals surface area contributed by atoms with Crippen molar-refractivity contribution in [2.24, 2.45) is 9.98 Å². The highest BCUT2D eigenvalue weighted by atomic mass is 16.3. The van der Waals surface area contributed by atoms with Gasteiger partial charge in [-0.1, -0.05) is 97.1 Å². The molecule has 0 fully saturated rings. The molecular formula is C36H26N2O2. The van der Waals surface area contributed by atoms with E-state index in [0.29, 0.717) is 11.1 Å². The van der Waals surface area contributed by atoms with Crippen LogP contribution in [-0.4, -0.2) is 22.6 Å². The molecule has 4 heteroatoms. The summed E-state index contributed by atoms with van der Waals surface area (Å²) in [5.41, 5.74) is 5.15. The van der Waals surface area contributed by atoms with Crippen molar-refractivity contribution in [1.29, 1.82) is 0 Å². The highest BCUT2D eigenvalue weighted by Crippen LogP contribution is 2.28. The Hall–Kier alpha value is -5.48. The Morgan fingerprint density at radius 3 is 1.25 bits per heavy atom. The molecule has 40 heavy (non-hydrogen) atoms. The van der Waals surface area contributed by atoms with Crippen molar-refractivity contribution in [2.45, 2.75) is 0 Å². The molecule has 6 rings (SSSR count). The van der Waals surface area contributed by atoms with E-state index in [1.165, 1.54) is 0 Å². The Morgan fingerprint density at radius 2 is 0.825 bits per heavy atom. The molecule has 2 N–H and O–H groups in total. The van der Waals surface area contributed by atoms with Crippen LogP contribution in [0.15, 0.2) is 131 Å². The monoisotopic (exact) mass is 518 g/mol. The van der Waals surface area contributed by atoms with Gasteiger partial charge in [0, 0.05) is 23.6 Å². The molecule has 0 heterocycles. The van der Waals surface area contributed by atoms with E-state index < -0.39 is 0 Å². The highest BCUT2D eigenvalue weighted by Gasteiger charge is 2.05. The van der Waals surface area contributed by atoms with Gasteiger partial charge in [-0.25, -0.2) is 0 Å². The Kier molecular flexibility index (Phi) is 6.89. The Morgan fingerprint density at radius 1 is 0.425 bits per heavy atom. The molecule has 0 amide bonds. The number of phenolic OH excluding ortho intramolecular Hbond substituents is 2. The Balaban J connectivity index is 1.13. The topological polar surface area (TPSA) is 65.2 Å². The summed E-state index contributed by atoms with van der Waals surface area (Å²) >= 11 is 0. The molecule has 0 spiro atoms. The van der Waals surface area contributed by atoms with Gasteiger partial charge >= 0.3 is 0 Å². The van der Waals surface area contributed by atoms with Crippen molar-refractivity contribution in [3.05, 3.63) is 144 Å². The third kappa shape index (κ3) is 5.38. The van der Waals surface area contributed by atoms with Crippen LogP contribution in [0.3, 0.4) is 0 Å². The van der Waals surface area contributed by atoms with E-state index in [4.69, 9.17) is 0 Å². The fraction of sp³-hybridized carbons (Fsp3) is 0. The van der Waals surface area contributed by atoms with E-state index in [9.17, 15) is 10.2 Å². The normalized spacial score (nSPS) is 11.9. The SMILES string of the molecule is Oc1ccc2ccccc2c1C=Nc1ccc(/C=C/c2ccc(N=Cc3c(O)ccc4ccccc34)cc2)cc1. The van der Waals surface area contributed by atoms with Crippen molar-refractivity contribution in [2.75, 3.05) is 0 Å². The molecule has 6 aromatic carbocycles. The third-order valence-corrected chi connectivity index (χ3v) is 6.84. The molecule has 4 nitrogen and oxygen atoms in total. The van der Waals surface area contributed by atoms with E-state index >= 15 is 0 Å². The predicted molar refractivity (Wildman–Crippen MR) is 168 cm³/mol. The van der Waals surface area contributed by atoms with Crippen LogP contribution in [0.5, 0.6) is 11.5 Å². The predicted octanol–water partition coefficient (Wildman–Crippen LogP) is 9.08. The van der Waals surface area contributed by atoms with Crippen LogP contribution >= 0.6 is 0 Å². The zero-order valence-electron chi connectivity index (χ0n) is 21.6. The highest BCUT2D eigenvalue weighted by molar-refractivity contribution is 6.04. The van der Waals surface area contributed by atoms with Gasteiger partial charge in [0.25, 0.3) is 0 Å². The van der Waals surface area contributed by atoms with Crippen LogP contribution < -0.4 is 0 Å². The first-order valence-corrected chi connectivity index (χ1v) is 13.0. The second-order valence-electron chi connectivity index (χ2n) is 9.47. The van der Waals surface area contributed by atoms with E-state index in [1.54, 1.807) is 24.6 Å². The summed E-state index contributed by atoms with van der Waals surface area (Å²) in [6, 6.07) is 39.0. The smallest absolute Gasteiger partial charge is 0.124 e. The fourth-order valence-corrected chi connectivity index (χ4v) is 4.65. The summed E-state index contributed by atoms with van der Waals surface area (Å²) in [5.74, 6) is 0.427. The van der Waals surface area contributed by atoms with Crippen LogP contribution in [0.1, 0.15) is 22.3 Å². The summed E-state index contributed by atoms with van der Waals surface area (Å²) in [6.45, 7) is 0. The first-order chi connectivity index (χ1) is 19.6. The van der Waals surface area contributed by atoms with Gasteiger partial charge in [0.1, 0.15) is 11.5 Å². The molecule has 192 valence electrons. The molecule has 0 aliphatic rings. The Bertz CT molecular complexity index is 1760. The zero-order chi connectivity index (χ0) is 27.3. The van der Waals surface area contributed by atoms with Crippen LogP contribution in [-0.2, 0) is 0 Å². The van der Waals surface area contributed by atoms with Gasteiger partial charge in [0.2, 0.25) is 0 Å². The number of hydrogen-bond donors (Lipinski definition) is 2. The third-order valence-electron chi connectivity index (χ3n) is 6.84. The lowest BCUT2D eigenvalue weighted by Gasteiger charge is -2.05. The summed E-state index contributed by atoms with van der Waals surface area (Å²) < 4.78 is 0.